The van der Waals surface area contributed by atoms with Gasteiger partial charge in [0.05, 0.1) is 0 Å². The molecule has 23 heavy (non-hydrogen) atoms. The molecular weight excluding hydrogens is 299 g/mol. The Bertz CT molecular complexity index is 746. The molecule has 0 unspecified atom stereocenters. The van der Waals surface area contributed by atoms with Gasteiger partial charge in [0.15, 0.2) is 6.10 Å². The van der Waals surface area contributed by atoms with Gasteiger partial charge in [-0.2, -0.15) is 0 Å². The lowest BCUT2D eigenvalue weighted by atomic mass is 10.1. The number of hydrogen-bond donors (Lipinski definition) is 3. The number of nitrogens with one attached hydrogen (secondary N) is 2. The first-order valence-electron chi connectivity index (χ1n) is 6.78. The Morgan fingerprint density at radius 1 is 1.09 bits per heavy atom. The number of carbonyl (C=O) groups excluding carboxylic acids is 2. The van der Waals surface area contributed by atoms with Crippen LogP contribution in [0.5, 0.6) is 0 Å². The smallest absolute Gasteiger partial charge is 0.257 e. The summed E-state index contributed by atoms with van der Waals surface area (Å²) >= 11 is 0. The maximum Gasteiger partial charge on any atom is 0.257 e. The maximum absolute atomic E-state index is 13.6. The quantitative estimate of drug-likeness (QED) is 0.742. The highest BCUT2D eigenvalue weighted by molar-refractivity contribution is 6.00. The minimum absolute atomic E-state index is 0.110. The summed E-state index contributed by atoms with van der Waals surface area (Å²) in [5.74, 6) is -1.83. The van der Waals surface area contributed by atoms with E-state index in [4.69, 9.17) is 0 Å². The Labute approximate surface area is 132 Å². The molecule has 0 spiro atoms. The fourth-order valence-corrected chi connectivity index (χ4v) is 1.92. The third-order valence-electron chi connectivity index (χ3n) is 3.03. The molecule has 0 saturated heterocycles. The zero-order valence-electron chi connectivity index (χ0n) is 12.1. The molecule has 0 saturated carbocycles. The van der Waals surface area contributed by atoms with Gasteiger partial charge in [0.2, 0.25) is 5.91 Å². The second-order valence-electron chi connectivity index (χ2n) is 4.69. The molecule has 118 valence electrons. The van der Waals surface area contributed by atoms with Crippen LogP contribution in [0.3, 0.4) is 0 Å². The summed E-state index contributed by atoms with van der Waals surface area (Å²) in [5, 5.41) is 15.0. The van der Waals surface area contributed by atoms with Crippen molar-refractivity contribution in [3.05, 3.63) is 72.6 Å². The number of halogens is 1. The summed E-state index contributed by atoms with van der Waals surface area (Å²) in [6, 6.07) is 11.8. The maximum atomic E-state index is 13.6. The monoisotopic (exact) mass is 314 g/mol. The van der Waals surface area contributed by atoms with Crippen LogP contribution in [0, 0.1) is 5.82 Å². The molecule has 0 fully saturated rings. The fraction of sp³-hybridized carbons (Fsp3) is 0.0588. The molecule has 0 aromatic heterocycles. The molecule has 0 heterocycles. The predicted molar refractivity (Wildman–Crippen MR) is 85.3 cm³/mol. The van der Waals surface area contributed by atoms with Crippen molar-refractivity contribution in [3.63, 3.8) is 0 Å². The summed E-state index contributed by atoms with van der Waals surface area (Å²) < 4.78 is 13.6. The van der Waals surface area contributed by atoms with Crippen molar-refractivity contribution in [2.24, 2.45) is 0 Å². The predicted octanol–water partition coefficient (Wildman–Crippen LogP) is 2.62. The minimum atomic E-state index is -1.64. The Morgan fingerprint density at radius 3 is 2.39 bits per heavy atom. The molecule has 0 aliphatic rings. The van der Waals surface area contributed by atoms with Gasteiger partial charge in [0.1, 0.15) is 5.82 Å². The molecule has 0 bridgehead atoms. The fourth-order valence-electron chi connectivity index (χ4n) is 1.92. The molecule has 2 aromatic rings. The number of aliphatic hydroxyl groups excluding tert-OH is 1. The van der Waals surface area contributed by atoms with Gasteiger partial charge in [-0.05, 0) is 30.3 Å². The lowest BCUT2D eigenvalue weighted by Gasteiger charge is -2.13. The van der Waals surface area contributed by atoms with E-state index in [1.165, 1.54) is 24.3 Å². The number of rotatable bonds is 5. The van der Waals surface area contributed by atoms with Crippen molar-refractivity contribution in [2.45, 2.75) is 6.10 Å². The molecule has 1 atom stereocenters. The lowest BCUT2D eigenvalue weighted by molar-refractivity contribution is -0.124. The number of aliphatic hydroxyl groups is 1. The SMILES string of the molecule is C=CC(=O)Nc1cccc(NC(=O)[C@H](O)c2ccccc2F)c1. The van der Waals surface area contributed by atoms with E-state index >= 15 is 0 Å². The number of hydrogen-bond acceptors (Lipinski definition) is 3. The molecule has 2 aromatic carbocycles. The van der Waals surface area contributed by atoms with Crippen molar-refractivity contribution in [3.8, 4) is 0 Å². The molecule has 6 heteroatoms. The van der Waals surface area contributed by atoms with Crippen LogP contribution in [0.4, 0.5) is 15.8 Å². The summed E-state index contributed by atoms with van der Waals surface area (Å²) in [5.41, 5.74) is 0.696. The molecule has 0 aliphatic carbocycles. The van der Waals surface area contributed by atoms with Gasteiger partial charge in [0, 0.05) is 16.9 Å². The third kappa shape index (κ3) is 4.24. The van der Waals surface area contributed by atoms with Crippen LogP contribution in [0.2, 0.25) is 0 Å². The van der Waals surface area contributed by atoms with Crippen LogP contribution in [0.25, 0.3) is 0 Å². The van der Waals surface area contributed by atoms with Crippen LogP contribution in [0.15, 0.2) is 61.2 Å². The summed E-state index contributed by atoms with van der Waals surface area (Å²) in [6.07, 6.45) is -0.518. The van der Waals surface area contributed by atoms with Crippen LogP contribution in [-0.4, -0.2) is 16.9 Å². The van der Waals surface area contributed by atoms with Crippen molar-refractivity contribution in [1.82, 2.24) is 0 Å². The topological polar surface area (TPSA) is 78.4 Å². The number of benzene rings is 2. The van der Waals surface area contributed by atoms with Gasteiger partial charge in [-0.3, -0.25) is 9.59 Å². The highest BCUT2D eigenvalue weighted by Crippen LogP contribution is 2.20. The van der Waals surface area contributed by atoms with E-state index in [2.05, 4.69) is 17.2 Å². The standard InChI is InChI=1S/C17H15FN2O3/c1-2-15(21)19-11-6-5-7-12(10-11)20-17(23)16(22)13-8-3-4-9-14(13)18/h2-10,16,22H,1H2,(H,19,21)(H,20,23)/t16-/m1/s1. The van der Waals surface area contributed by atoms with Gasteiger partial charge in [0.25, 0.3) is 5.91 Å². The van der Waals surface area contributed by atoms with Crippen molar-refractivity contribution in [1.29, 1.82) is 0 Å². The van der Waals surface area contributed by atoms with Gasteiger partial charge < -0.3 is 15.7 Å². The highest BCUT2D eigenvalue weighted by atomic mass is 19.1. The van der Waals surface area contributed by atoms with Crippen molar-refractivity contribution < 1.29 is 19.1 Å². The molecule has 2 amide bonds. The van der Waals surface area contributed by atoms with E-state index in [1.807, 2.05) is 0 Å². The Morgan fingerprint density at radius 2 is 1.74 bits per heavy atom. The van der Waals surface area contributed by atoms with Crippen LogP contribution >= 0.6 is 0 Å². The molecular formula is C17H15FN2O3. The lowest BCUT2D eigenvalue weighted by Crippen LogP contribution is -2.21. The second-order valence-corrected chi connectivity index (χ2v) is 4.69. The summed E-state index contributed by atoms with van der Waals surface area (Å²) in [6.45, 7) is 3.34. The Kier molecular flexibility index (Phi) is 5.22. The zero-order chi connectivity index (χ0) is 16.8. The second kappa shape index (κ2) is 7.33. The summed E-state index contributed by atoms with van der Waals surface area (Å²) in [7, 11) is 0. The van der Waals surface area contributed by atoms with Crippen molar-refractivity contribution in [2.75, 3.05) is 10.6 Å². The average molecular weight is 314 g/mol. The van der Waals surface area contributed by atoms with Gasteiger partial charge >= 0.3 is 0 Å². The van der Waals surface area contributed by atoms with Crippen LogP contribution in [-0.2, 0) is 9.59 Å². The molecule has 2 rings (SSSR count). The average Bonchev–Trinajstić information content (AvgIpc) is 2.54. The van der Waals surface area contributed by atoms with Crippen LogP contribution < -0.4 is 10.6 Å². The third-order valence-corrected chi connectivity index (χ3v) is 3.03. The van der Waals surface area contributed by atoms with Crippen molar-refractivity contribution >= 4 is 23.2 Å². The molecule has 0 radical (unpaired) electrons. The van der Waals surface area contributed by atoms with Crippen LogP contribution in [0.1, 0.15) is 11.7 Å². The number of carbonyl (C=O) groups is 2. The number of amides is 2. The van der Waals surface area contributed by atoms with Gasteiger partial charge in [-0.1, -0.05) is 30.8 Å². The Hall–Kier alpha value is -2.99. The molecule has 0 aliphatic heterocycles. The largest absolute Gasteiger partial charge is 0.378 e. The number of anilines is 2. The first-order chi connectivity index (χ1) is 11.0. The first kappa shape index (κ1) is 16.4. The molecule has 3 N–H and O–H groups in total. The zero-order valence-corrected chi connectivity index (χ0v) is 12.1. The van der Waals surface area contributed by atoms with E-state index in [9.17, 15) is 19.1 Å². The Balaban J connectivity index is 2.11. The first-order valence-corrected chi connectivity index (χ1v) is 6.78. The minimum Gasteiger partial charge on any atom is -0.378 e. The van der Waals surface area contributed by atoms with E-state index in [0.29, 0.717) is 11.4 Å². The van der Waals surface area contributed by atoms with Gasteiger partial charge in [-0.25, -0.2) is 4.39 Å². The normalized spacial score (nSPS) is 11.4. The van der Waals surface area contributed by atoms with E-state index in [-0.39, 0.29) is 11.5 Å². The van der Waals surface area contributed by atoms with Gasteiger partial charge in [-0.15, -0.1) is 0 Å². The van der Waals surface area contributed by atoms with E-state index < -0.39 is 17.8 Å². The van der Waals surface area contributed by atoms with E-state index in [1.54, 1.807) is 18.2 Å². The summed E-state index contributed by atoms with van der Waals surface area (Å²) in [4.78, 5) is 23.3. The molecule has 5 nitrogen and oxygen atoms in total. The van der Waals surface area contributed by atoms with E-state index in [0.717, 1.165) is 12.1 Å². The highest BCUT2D eigenvalue weighted by Gasteiger charge is 2.20.